The number of nitrogens with zero attached hydrogens (tertiary/aromatic N) is 3. The fraction of sp³-hybridized carbons (Fsp3) is 0.217. The maximum atomic E-state index is 13.3. The summed E-state index contributed by atoms with van der Waals surface area (Å²) in [5.41, 5.74) is -0.187. The van der Waals surface area contributed by atoms with Gasteiger partial charge in [0.2, 0.25) is 5.88 Å². The number of ether oxygens (including phenoxy) is 1. The van der Waals surface area contributed by atoms with Gasteiger partial charge >= 0.3 is 0 Å². The number of carbonyl (C=O) groups is 1. The third-order valence-corrected chi connectivity index (χ3v) is 7.07. The molecule has 11 heteroatoms. The minimum Gasteiger partial charge on any atom is -0.438 e. The average molecular weight is 482 g/mol. The summed E-state index contributed by atoms with van der Waals surface area (Å²) in [7, 11) is -3.24. The van der Waals surface area contributed by atoms with Crippen LogP contribution in [0.4, 0.5) is 4.39 Å². The monoisotopic (exact) mass is 482 g/mol. The van der Waals surface area contributed by atoms with Gasteiger partial charge in [0.15, 0.2) is 9.84 Å². The lowest BCUT2D eigenvalue weighted by Gasteiger charge is -2.12. The molecule has 1 fully saturated rings. The molecule has 1 aliphatic rings. The standard InChI is InChI=1S/C23H19FN4O5S/c1-14-3-2-9-28-20(14)27-22(33-18-6-4-16(24)5-7-18)19(23(28)30)11-15(12-25)21(29)26-17-8-10-34(31,32)13-17/h2-7,9,11,17H,8,10,13H2,1H3,(H,26,29)/b15-11-/t17-/m1/s1. The molecule has 9 nitrogen and oxygen atoms in total. The van der Waals surface area contributed by atoms with Crippen LogP contribution in [0.15, 0.2) is 53.0 Å². The summed E-state index contributed by atoms with van der Waals surface area (Å²) in [6.07, 6.45) is 2.79. The first kappa shape index (κ1) is 23.1. The number of hydrogen-bond acceptors (Lipinski definition) is 7. The molecule has 34 heavy (non-hydrogen) atoms. The van der Waals surface area contributed by atoms with Crippen molar-refractivity contribution in [3.05, 3.63) is 75.5 Å². The smallest absolute Gasteiger partial charge is 0.269 e. The van der Waals surface area contributed by atoms with Crippen LogP contribution in [0.3, 0.4) is 0 Å². The minimum absolute atomic E-state index is 0.0471. The van der Waals surface area contributed by atoms with Crippen LogP contribution in [0.1, 0.15) is 17.5 Å². The molecule has 2 aromatic heterocycles. The summed E-state index contributed by atoms with van der Waals surface area (Å²) < 4.78 is 43.6. The quantitative estimate of drug-likeness (QED) is 0.435. The number of nitriles is 1. The summed E-state index contributed by atoms with van der Waals surface area (Å²) in [6, 6.07) is 9.58. The second-order valence-corrected chi connectivity index (χ2v) is 10.0. The lowest BCUT2D eigenvalue weighted by Crippen LogP contribution is -2.36. The SMILES string of the molecule is Cc1cccn2c(=O)c(/C=C(/C#N)C(=O)N[C@@H]3CCS(=O)(=O)C3)c(Oc3ccc(F)cc3)nc12. The molecule has 1 aromatic carbocycles. The number of nitrogens with one attached hydrogen (secondary N) is 1. The molecule has 1 atom stereocenters. The molecule has 0 saturated carbocycles. The third-order valence-electron chi connectivity index (χ3n) is 5.30. The van der Waals surface area contributed by atoms with E-state index in [-0.39, 0.29) is 35.1 Å². The predicted octanol–water partition coefficient (Wildman–Crippen LogP) is 2.14. The number of pyridine rings is 1. The molecule has 3 heterocycles. The molecule has 4 rings (SSSR count). The van der Waals surface area contributed by atoms with Gasteiger partial charge in [-0.2, -0.15) is 10.2 Å². The zero-order valence-corrected chi connectivity index (χ0v) is 18.8. The van der Waals surface area contributed by atoms with Crippen LogP contribution >= 0.6 is 0 Å². The molecular weight excluding hydrogens is 463 g/mol. The Balaban J connectivity index is 1.78. The number of hydrogen-bond donors (Lipinski definition) is 1. The van der Waals surface area contributed by atoms with Gasteiger partial charge < -0.3 is 10.1 Å². The van der Waals surface area contributed by atoms with Crippen molar-refractivity contribution in [3.63, 3.8) is 0 Å². The number of aryl methyl sites for hydroxylation is 1. The lowest BCUT2D eigenvalue weighted by atomic mass is 10.1. The van der Waals surface area contributed by atoms with Crippen molar-refractivity contribution in [2.24, 2.45) is 0 Å². The molecular formula is C23H19FN4O5S. The number of rotatable bonds is 5. The first-order chi connectivity index (χ1) is 16.2. The van der Waals surface area contributed by atoms with Crippen molar-refractivity contribution >= 4 is 27.5 Å². The van der Waals surface area contributed by atoms with Gasteiger partial charge in [-0.05, 0) is 55.3 Å². The zero-order chi connectivity index (χ0) is 24.5. The van der Waals surface area contributed by atoms with Crippen molar-refractivity contribution < 1.29 is 22.3 Å². The Kier molecular flexibility index (Phi) is 6.17. The Labute approximate surface area is 194 Å². The Morgan fingerprint density at radius 1 is 1.32 bits per heavy atom. The number of aromatic nitrogens is 2. The molecule has 1 N–H and O–H groups in total. The second-order valence-electron chi connectivity index (χ2n) is 7.82. The number of amides is 1. The average Bonchev–Trinajstić information content (AvgIpc) is 3.14. The molecule has 1 saturated heterocycles. The van der Waals surface area contributed by atoms with E-state index in [9.17, 15) is 27.7 Å². The van der Waals surface area contributed by atoms with E-state index in [4.69, 9.17) is 4.74 Å². The second kappa shape index (κ2) is 9.07. The van der Waals surface area contributed by atoms with Gasteiger partial charge in [-0.15, -0.1) is 0 Å². The lowest BCUT2D eigenvalue weighted by molar-refractivity contribution is -0.117. The maximum absolute atomic E-state index is 13.3. The van der Waals surface area contributed by atoms with Gasteiger partial charge in [0.25, 0.3) is 11.5 Å². The van der Waals surface area contributed by atoms with Crippen LogP contribution in [0.5, 0.6) is 11.6 Å². The Morgan fingerprint density at radius 2 is 2.06 bits per heavy atom. The number of fused-ring (bicyclic) bond motifs is 1. The van der Waals surface area contributed by atoms with Crippen molar-refractivity contribution in [3.8, 4) is 17.7 Å². The molecule has 0 radical (unpaired) electrons. The number of benzene rings is 1. The predicted molar refractivity (Wildman–Crippen MR) is 121 cm³/mol. The van der Waals surface area contributed by atoms with E-state index >= 15 is 0 Å². The van der Waals surface area contributed by atoms with Gasteiger partial charge in [-0.3, -0.25) is 14.0 Å². The summed E-state index contributed by atoms with van der Waals surface area (Å²) in [6.45, 7) is 1.75. The van der Waals surface area contributed by atoms with Crippen molar-refractivity contribution in [1.29, 1.82) is 5.26 Å². The van der Waals surface area contributed by atoms with E-state index < -0.39 is 38.7 Å². The van der Waals surface area contributed by atoms with E-state index in [0.717, 1.165) is 6.08 Å². The van der Waals surface area contributed by atoms with E-state index in [2.05, 4.69) is 10.3 Å². The number of carbonyl (C=O) groups excluding carboxylic acids is 1. The van der Waals surface area contributed by atoms with E-state index in [0.29, 0.717) is 11.2 Å². The highest BCUT2D eigenvalue weighted by molar-refractivity contribution is 7.91. The van der Waals surface area contributed by atoms with Crippen LogP contribution in [0.2, 0.25) is 0 Å². The van der Waals surface area contributed by atoms with E-state index in [1.54, 1.807) is 25.1 Å². The molecule has 0 spiro atoms. The summed E-state index contributed by atoms with van der Waals surface area (Å²) >= 11 is 0. The number of halogens is 1. The van der Waals surface area contributed by atoms with Crippen LogP contribution in [-0.2, 0) is 14.6 Å². The van der Waals surface area contributed by atoms with Gasteiger partial charge in [-0.1, -0.05) is 6.07 Å². The van der Waals surface area contributed by atoms with Gasteiger partial charge in [0, 0.05) is 12.2 Å². The normalized spacial score (nSPS) is 17.3. The van der Waals surface area contributed by atoms with Crippen LogP contribution in [0.25, 0.3) is 11.7 Å². The summed E-state index contributed by atoms with van der Waals surface area (Å²) in [5, 5.41) is 12.1. The molecule has 0 unspecified atom stereocenters. The van der Waals surface area contributed by atoms with Gasteiger partial charge in [-0.25, -0.2) is 12.8 Å². The van der Waals surface area contributed by atoms with E-state index in [1.807, 2.05) is 0 Å². The van der Waals surface area contributed by atoms with Crippen LogP contribution in [0, 0.1) is 24.1 Å². The van der Waals surface area contributed by atoms with Gasteiger partial charge in [0.05, 0.1) is 11.5 Å². The number of sulfone groups is 1. The zero-order valence-electron chi connectivity index (χ0n) is 18.0. The third kappa shape index (κ3) is 4.82. The molecule has 3 aromatic rings. The highest BCUT2D eigenvalue weighted by atomic mass is 32.2. The Hall–Kier alpha value is -4.04. The largest absolute Gasteiger partial charge is 0.438 e. The topological polar surface area (TPSA) is 131 Å². The maximum Gasteiger partial charge on any atom is 0.269 e. The highest BCUT2D eigenvalue weighted by Gasteiger charge is 2.30. The molecule has 1 aliphatic heterocycles. The van der Waals surface area contributed by atoms with Gasteiger partial charge in [0.1, 0.15) is 34.4 Å². The fourth-order valence-electron chi connectivity index (χ4n) is 3.57. The Bertz CT molecular complexity index is 1520. The summed E-state index contributed by atoms with van der Waals surface area (Å²) in [5.74, 6) is -1.53. The molecule has 0 bridgehead atoms. The fourth-order valence-corrected chi connectivity index (χ4v) is 5.25. The van der Waals surface area contributed by atoms with Crippen molar-refractivity contribution in [1.82, 2.24) is 14.7 Å². The first-order valence-corrected chi connectivity index (χ1v) is 12.1. The summed E-state index contributed by atoms with van der Waals surface area (Å²) in [4.78, 5) is 30.3. The molecule has 174 valence electrons. The first-order valence-electron chi connectivity index (χ1n) is 10.3. The van der Waals surface area contributed by atoms with Crippen molar-refractivity contribution in [2.75, 3.05) is 11.5 Å². The molecule has 1 amide bonds. The minimum atomic E-state index is -3.24. The van der Waals surface area contributed by atoms with E-state index in [1.165, 1.54) is 34.9 Å². The highest BCUT2D eigenvalue weighted by Crippen LogP contribution is 2.25. The van der Waals surface area contributed by atoms with Crippen LogP contribution in [-0.4, -0.2) is 41.3 Å². The van der Waals surface area contributed by atoms with Crippen LogP contribution < -0.4 is 15.6 Å². The Morgan fingerprint density at radius 3 is 2.71 bits per heavy atom. The molecule has 0 aliphatic carbocycles. The van der Waals surface area contributed by atoms with Crippen molar-refractivity contribution in [2.45, 2.75) is 19.4 Å².